The number of ether oxygens (including phenoxy) is 1. The van der Waals surface area contributed by atoms with Gasteiger partial charge in [-0.15, -0.1) is 0 Å². The quantitative estimate of drug-likeness (QED) is 0.383. The summed E-state index contributed by atoms with van der Waals surface area (Å²) >= 11 is 0. The van der Waals surface area contributed by atoms with E-state index in [2.05, 4.69) is 4.98 Å². The van der Waals surface area contributed by atoms with Crippen LogP contribution < -0.4 is 4.31 Å². The Balaban J connectivity index is 1.35. The number of carbonyl (C=O) groups is 2. The molecule has 7 nitrogen and oxygen atoms in total. The molecule has 0 fully saturated rings. The van der Waals surface area contributed by atoms with E-state index in [1.54, 1.807) is 25.1 Å². The number of aryl methyl sites for hydroxylation is 1. The number of sulfonamides is 1. The Morgan fingerprint density at radius 3 is 2.55 bits per heavy atom. The molecule has 0 radical (unpaired) electrons. The summed E-state index contributed by atoms with van der Waals surface area (Å²) < 4.78 is 32.1. The third-order valence-electron chi connectivity index (χ3n) is 5.49. The number of hydrogen-bond donors (Lipinski definition) is 1. The standard InChI is InChI=1S/C23H18N2O5S/c1-14-22(16-8-2-3-9-17(16)24-14)19(26)13-30-21(27)12-25-18-10-4-6-15-7-5-11-20(23(15)18)31(25,28)29/h2-11,24H,12-13H2,1H3. The van der Waals surface area contributed by atoms with Crippen LogP contribution in [-0.4, -0.2) is 38.3 Å². The second-order valence-electron chi connectivity index (χ2n) is 7.40. The number of anilines is 1. The average molecular weight is 434 g/mol. The van der Waals surface area contributed by atoms with E-state index in [0.717, 1.165) is 20.6 Å². The first-order valence-electron chi connectivity index (χ1n) is 9.68. The molecule has 1 aromatic heterocycles. The molecule has 8 heteroatoms. The van der Waals surface area contributed by atoms with Crippen LogP contribution in [0.5, 0.6) is 0 Å². The van der Waals surface area contributed by atoms with E-state index in [-0.39, 0.29) is 10.7 Å². The van der Waals surface area contributed by atoms with Gasteiger partial charge in [0.2, 0.25) is 5.78 Å². The summed E-state index contributed by atoms with van der Waals surface area (Å²) in [6, 6.07) is 17.6. The van der Waals surface area contributed by atoms with Crippen LogP contribution in [0, 0.1) is 6.92 Å². The second kappa shape index (κ2) is 6.95. The average Bonchev–Trinajstić information content (AvgIpc) is 3.20. The Morgan fingerprint density at radius 2 is 1.74 bits per heavy atom. The number of carbonyl (C=O) groups excluding carboxylic acids is 2. The lowest BCUT2D eigenvalue weighted by Crippen LogP contribution is -2.34. The summed E-state index contributed by atoms with van der Waals surface area (Å²) in [7, 11) is -3.87. The fourth-order valence-corrected chi connectivity index (χ4v) is 5.80. The molecule has 0 unspecified atom stereocenters. The third-order valence-corrected chi connectivity index (χ3v) is 7.29. The lowest BCUT2D eigenvalue weighted by molar-refractivity contribution is -0.140. The fraction of sp³-hybridized carbons (Fsp3) is 0.130. The Hall–Kier alpha value is -3.65. The number of ketones is 1. The first kappa shape index (κ1) is 19.3. The van der Waals surface area contributed by atoms with Crippen molar-refractivity contribution in [2.75, 3.05) is 17.5 Å². The van der Waals surface area contributed by atoms with Crippen LogP contribution in [-0.2, 0) is 19.6 Å². The molecule has 2 heterocycles. The zero-order valence-corrected chi connectivity index (χ0v) is 17.4. The molecule has 0 spiro atoms. The predicted octanol–water partition coefficient (Wildman–Crippen LogP) is 3.56. The van der Waals surface area contributed by atoms with Crippen molar-refractivity contribution in [2.24, 2.45) is 0 Å². The number of rotatable bonds is 5. The van der Waals surface area contributed by atoms with Crippen LogP contribution in [0.15, 0.2) is 65.6 Å². The molecule has 0 saturated carbocycles. The highest BCUT2D eigenvalue weighted by Crippen LogP contribution is 2.41. The number of nitrogens with zero attached hydrogens (tertiary/aromatic N) is 1. The van der Waals surface area contributed by atoms with Crippen LogP contribution in [0.1, 0.15) is 16.1 Å². The first-order valence-corrected chi connectivity index (χ1v) is 11.1. The highest BCUT2D eigenvalue weighted by atomic mass is 32.2. The molecule has 5 rings (SSSR count). The molecular formula is C23H18N2O5S. The lowest BCUT2D eigenvalue weighted by atomic mass is 10.1. The van der Waals surface area contributed by atoms with Gasteiger partial charge in [0.15, 0.2) is 6.61 Å². The van der Waals surface area contributed by atoms with E-state index in [1.165, 1.54) is 6.07 Å². The van der Waals surface area contributed by atoms with Crippen LogP contribution in [0.4, 0.5) is 5.69 Å². The van der Waals surface area contributed by atoms with E-state index < -0.39 is 29.1 Å². The van der Waals surface area contributed by atoms with Gasteiger partial charge < -0.3 is 9.72 Å². The Kier molecular flexibility index (Phi) is 4.33. The van der Waals surface area contributed by atoms with Crippen LogP contribution in [0.3, 0.4) is 0 Å². The molecule has 0 saturated heterocycles. The van der Waals surface area contributed by atoms with Gasteiger partial charge >= 0.3 is 5.97 Å². The molecule has 0 atom stereocenters. The summed E-state index contributed by atoms with van der Waals surface area (Å²) in [4.78, 5) is 28.5. The number of benzene rings is 3. The number of Topliss-reactive ketones (excluding diaryl/α,β-unsaturated/α-hetero) is 1. The number of aromatic nitrogens is 1. The van der Waals surface area contributed by atoms with Crippen molar-refractivity contribution >= 4 is 49.1 Å². The number of fused-ring (bicyclic) bond motifs is 1. The maximum Gasteiger partial charge on any atom is 0.327 e. The van der Waals surface area contributed by atoms with Crippen molar-refractivity contribution in [3.63, 3.8) is 0 Å². The zero-order valence-electron chi connectivity index (χ0n) is 16.6. The van der Waals surface area contributed by atoms with Gasteiger partial charge in [0.05, 0.1) is 10.6 Å². The number of para-hydroxylation sites is 1. The van der Waals surface area contributed by atoms with Gasteiger partial charge in [0.25, 0.3) is 10.0 Å². The molecule has 0 bridgehead atoms. The smallest absolute Gasteiger partial charge is 0.327 e. The number of nitrogens with one attached hydrogen (secondary N) is 1. The van der Waals surface area contributed by atoms with Crippen molar-refractivity contribution in [1.82, 2.24) is 4.98 Å². The number of aromatic amines is 1. The predicted molar refractivity (Wildman–Crippen MR) is 117 cm³/mol. The summed E-state index contributed by atoms with van der Waals surface area (Å²) in [6.45, 7) is 0.812. The Morgan fingerprint density at radius 1 is 1.00 bits per heavy atom. The van der Waals surface area contributed by atoms with E-state index in [4.69, 9.17) is 4.74 Å². The van der Waals surface area contributed by atoms with Crippen molar-refractivity contribution in [3.8, 4) is 0 Å². The third kappa shape index (κ3) is 2.98. The van der Waals surface area contributed by atoms with Gasteiger partial charge in [-0.3, -0.25) is 13.9 Å². The molecule has 4 aromatic rings. The fourth-order valence-electron chi connectivity index (χ4n) is 4.15. The molecule has 0 aliphatic carbocycles. The Labute approximate surface area is 178 Å². The number of esters is 1. The van der Waals surface area contributed by atoms with Gasteiger partial charge in [0, 0.05) is 27.5 Å². The minimum Gasteiger partial charge on any atom is -0.456 e. The van der Waals surface area contributed by atoms with Crippen molar-refractivity contribution in [3.05, 3.63) is 71.9 Å². The number of hydrogen-bond acceptors (Lipinski definition) is 5. The van der Waals surface area contributed by atoms with Crippen molar-refractivity contribution in [2.45, 2.75) is 11.8 Å². The van der Waals surface area contributed by atoms with Gasteiger partial charge in [-0.05, 0) is 30.5 Å². The molecule has 1 aliphatic heterocycles. The molecule has 31 heavy (non-hydrogen) atoms. The van der Waals surface area contributed by atoms with Crippen LogP contribution in [0.2, 0.25) is 0 Å². The minimum absolute atomic E-state index is 0.166. The molecule has 1 aliphatic rings. The summed E-state index contributed by atoms with van der Waals surface area (Å²) in [5, 5.41) is 2.12. The SMILES string of the molecule is Cc1[nH]c2ccccc2c1C(=O)COC(=O)CN1c2cccc3cccc(c23)S1(=O)=O. The summed E-state index contributed by atoms with van der Waals surface area (Å²) in [5.41, 5.74) is 2.41. The van der Waals surface area contributed by atoms with E-state index >= 15 is 0 Å². The van der Waals surface area contributed by atoms with Gasteiger partial charge in [-0.1, -0.05) is 42.5 Å². The highest BCUT2D eigenvalue weighted by Gasteiger charge is 2.37. The highest BCUT2D eigenvalue weighted by molar-refractivity contribution is 7.93. The maximum absolute atomic E-state index is 13.0. The molecule has 0 amide bonds. The first-order chi connectivity index (χ1) is 14.9. The second-order valence-corrected chi connectivity index (χ2v) is 9.23. The van der Waals surface area contributed by atoms with Gasteiger partial charge in [-0.25, -0.2) is 8.42 Å². The normalized spacial score (nSPS) is 14.3. The zero-order chi connectivity index (χ0) is 21.8. The topological polar surface area (TPSA) is 96.5 Å². The Bertz CT molecular complexity index is 1480. The van der Waals surface area contributed by atoms with Crippen molar-refractivity contribution < 1.29 is 22.7 Å². The number of H-pyrrole nitrogens is 1. The van der Waals surface area contributed by atoms with E-state index in [9.17, 15) is 18.0 Å². The largest absolute Gasteiger partial charge is 0.456 e. The lowest BCUT2D eigenvalue weighted by Gasteiger charge is -2.17. The molecule has 3 aromatic carbocycles. The van der Waals surface area contributed by atoms with Crippen LogP contribution >= 0.6 is 0 Å². The van der Waals surface area contributed by atoms with Crippen LogP contribution in [0.25, 0.3) is 21.7 Å². The van der Waals surface area contributed by atoms with Crippen molar-refractivity contribution in [1.29, 1.82) is 0 Å². The monoisotopic (exact) mass is 434 g/mol. The summed E-state index contributed by atoms with van der Waals surface area (Å²) in [5.74, 6) is -1.14. The molecule has 156 valence electrons. The summed E-state index contributed by atoms with van der Waals surface area (Å²) in [6.07, 6.45) is 0. The minimum atomic E-state index is -3.87. The maximum atomic E-state index is 13.0. The van der Waals surface area contributed by atoms with E-state index in [1.807, 2.05) is 36.4 Å². The molecule has 1 N–H and O–H groups in total. The van der Waals surface area contributed by atoms with Gasteiger partial charge in [0.1, 0.15) is 6.54 Å². The molecular weight excluding hydrogens is 416 g/mol. The van der Waals surface area contributed by atoms with Gasteiger partial charge in [-0.2, -0.15) is 0 Å². The van der Waals surface area contributed by atoms with E-state index in [0.29, 0.717) is 22.3 Å².